The van der Waals surface area contributed by atoms with Gasteiger partial charge in [-0.2, -0.15) is 0 Å². The van der Waals surface area contributed by atoms with Gasteiger partial charge < -0.3 is 32.1 Å². The first-order valence-corrected chi connectivity index (χ1v) is 9.13. The lowest BCUT2D eigenvalue weighted by molar-refractivity contribution is -0.149. The van der Waals surface area contributed by atoms with Gasteiger partial charge in [-0.05, 0) is 25.7 Å². The number of carbonyl (C=O) groups excluding carboxylic acids is 4. The third-order valence-electron chi connectivity index (χ3n) is 4.61. The molecule has 0 aliphatic carbocycles. The Morgan fingerprint density at radius 1 is 1.11 bits per heavy atom. The van der Waals surface area contributed by atoms with Crippen LogP contribution in [0, 0.1) is 5.92 Å². The first kappa shape index (κ1) is 23.3. The number of nitrogens with zero attached hydrogens (tertiary/aromatic N) is 1. The molecule has 1 aliphatic rings. The Kier molecular flexibility index (Phi) is 8.35. The summed E-state index contributed by atoms with van der Waals surface area (Å²) in [5, 5.41) is 14.1. The molecule has 1 saturated heterocycles. The number of hydrogen-bond acceptors (Lipinski definition) is 6. The molecule has 0 spiro atoms. The fourth-order valence-corrected chi connectivity index (χ4v) is 2.86. The Labute approximate surface area is 163 Å². The van der Waals surface area contributed by atoms with Crippen molar-refractivity contribution in [3.8, 4) is 0 Å². The molecule has 4 unspecified atom stereocenters. The van der Waals surface area contributed by atoms with Gasteiger partial charge in [-0.15, -0.1) is 0 Å². The van der Waals surface area contributed by atoms with Crippen LogP contribution >= 0.6 is 0 Å². The average molecular weight is 399 g/mol. The smallest absolute Gasteiger partial charge is 0.326 e. The van der Waals surface area contributed by atoms with E-state index in [-0.39, 0.29) is 18.9 Å². The number of carboxylic acid groups (broad SMARTS) is 1. The second-order valence-corrected chi connectivity index (χ2v) is 7.26. The van der Waals surface area contributed by atoms with Crippen LogP contribution in [0.2, 0.25) is 0 Å². The molecule has 0 aromatic carbocycles. The van der Waals surface area contributed by atoms with E-state index in [2.05, 4.69) is 10.6 Å². The maximum Gasteiger partial charge on any atom is 0.326 e. The Bertz CT molecular complexity index is 638. The van der Waals surface area contributed by atoms with Crippen molar-refractivity contribution in [2.45, 2.75) is 64.2 Å². The fraction of sp³-hybridized carbons (Fsp3) is 0.706. The third kappa shape index (κ3) is 6.19. The lowest BCUT2D eigenvalue weighted by Crippen LogP contribution is -2.57. The van der Waals surface area contributed by atoms with E-state index in [0.29, 0.717) is 6.42 Å². The molecule has 1 fully saturated rings. The molecule has 28 heavy (non-hydrogen) atoms. The third-order valence-corrected chi connectivity index (χ3v) is 4.61. The average Bonchev–Trinajstić information content (AvgIpc) is 3.08. The van der Waals surface area contributed by atoms with Crippen molar-refractivity contribution in [3.05, 3.63) is 0 Å². The molecule has 158 valence electrons. The van der Waals surface area contributed by atoms with Gasteiger partial charge in [0, 0.05) is 6.54 Å². The van der Waals surface area contributed by atoms with Crippen LogP contribution in [0.5, 0.6) is 0 Å². The molecule has 0 aromatic heterocycles. The molecular weight excluding hydrogens is 370 g/mol. The Morgan fingerprint density at radius 3 is 2.21 bits per heavy atom. The first-order valence-electron chi connectivity index (χ1n) is 9.13. The van der Waals surface area contributed by atoms with Crippen LogP contribution in [-0.2, 0) is 24.0 Å². The maximum absolute atomic E-state index is 12.7. The van der Waals surface area contributed by atoms with Gasteiger partial charge in [0.1, 0.15) is 18.1 Å². The van der Waals surface area contributed by atoms with Gasteiger partial charge in [0.15, 0.2) is 0 Å². The zero-order chi connectivity index (χ0) is 21.6. The van der Waals surface area contributed by atoms with Crippen molar-refractivity contribution in [3.63, 3.8) is 0 Å². The minimum absolute atomic E-state index is 0.137. The number of nitrogens with two attached hydrogens (primary N) is 2. The van der Waals surface area contributed by atoms with Crippen LogP contribution in [0.4, 0.5) is 0 Å². The summed E-state index contributed by atoms with van der Waals surface area (Å²) in [5.41, 5.74) is 10.9. The van der Waals surface area contributed by atoms with Gasteiger partial charge in [-0.25, -0.2) is 4.79 Å². The van der Waals surface area contributed by atoms with E-state index in [1.807, 2.05) is 0 Å². The summed E-state index contributed by atoms with van der Waals surface area (Å²) in [7, 11) is 0. The van der Waals surface area contributed by atoms with Crippen molar-refractivity contribution in [2.24, 2.45) is 17.4 Å². The van der Waals surface area contributed by atoms with Crippen LogP contribution in [-0.4, -0.2) is 70.3 Å². The van der Waals surface area contributed by atoms with Gasteiger partial charge in [0.05, 0.1) is 12.5 Å². The van der Waals surface area contributed by atoms with Crippen molar-refractivity contribution in [1.82, 2.24) is 15.5 Å². The van der Waals surface area contributed by atoms with Gasteiger partial charge >= 0.3 is 5.97 Å². The molecular formula is C17H29N5O6. The van der Waals surface area contributed by atoms with Gasteiger partial charge in [-0.3, -0.25) is 19.2 Å². The summed E-state index contributed by atoms with van der Waals surface area (Å²) in [4.78, 5) is 60.8. The SMILES string of the molecule is CC(NC(=O)C(N)C(C)C)C(=O)NC(CC(N)=O)C(=O)N1CCCC1C(=O)O. The monoisotopic (exact) mass is 399 g/mol. The number of carbonyl (C=O) groups is 5. The van der Waals surface area contributed by atoms with Gasteiger partial charge in [-0.1, -0.05) is 13.8 Å². The number of rotatable bonds is 9. The zero-order valence-corrected chi connectivity index (χ0v) is 16.3. The molecule has 4 amide bonds. The standard InChI is InChI=1S/C17H29N5O6/c1-8(2)13(19)15(25)20-9(3)14(24)21-10(7-12(18)23)16(26)22-6-4-5-11(22)17(27)28/h8-11,13H,4-7,19H2,1-3H3,(H2,18,23)(H,20,25)(H,21,24)(H,27,28). The lowest BCUT2D eigenvalue weighted by Gasteiger charge is -2.28. The second-order valence-electron chi connectivity index (χ2n) is 7.26. The number of likely N-dealkylation sites (tertiary alicyclic amines) is 1. The zero-order valence-electron chi connectivity index (χ0n) is 16.3. The first-order chi connectivity index (χ1) is 13.0. The van der Waals surface area contributed by atoms with Crippen LogP contribution in [0.1, 0.15) is 40.0 Å². The van der Waals surface area contributed by atoms with Crippen LogP contribution in [0.15, 0.2) is 0 Å². The maximum atomic E-state index is 12.7. The second kappa shape index (κ2) is 10.0. The molecule has 0 aromatic rings. The summed E-state index contributed by atoms with van der Waals surface area (Å²) in [5.74, 6) is -4.06. The highest BCUT2D eigenvalue weighted by molar-refractivity contribution is 5.96. The predicted octanol–water partition coefficient (Wildman–Crippen LogP) is -2.09. The van der Waals surface area contributed by atoms with Gasteiger partial charge in [0.25, 0.3) is 0 Å². The molecule has 4 atom stereocenters. The highest BCUT2D eigenvalue weighted by atomic mass is 16.4. The van der Waals surface area contributed by atoms with E-state index < -0.39 is 60.2 Å². The lowest BCUT2D eigenvalue weighted by atomic mass is 10.0. The number of hydrogen-bond donors (Lipinski definition) is 5. The van der Waals surface area contributed by atoms with Crippen LogP contribution in [0.25, 0.3) is 0 Å². The van der Waals surface area contributed by atoms with Crippen molar-refractivity contribution in [2.75, 3.05) is 6.54 Å². The number of aliphatic carboxylic acids is 1. The van der Waals surface area contributed by atoms with E-state index in [1.165, 1.54) is 6.92 Å². The van der Waals surface area contributed by atoms with E-state index >= 15 is 0 Å². The van der Waals surface area contributed by atoms with E-state index in [9.17, 15) is 29.1 Å². The molecule has 1 aliphatic heterocycles. The predicted molar refractivity (Wildman–Crippen MR) is 98.5 cm³/mol. The van der Waals surface area contributed by atoms with E-state index in [4.69, 9.17) is 11.5 Å². The summed E-state index contributed by atoms with van der Waals surface area (Å²) in [6.07, 6.45) is 0.303. The molecule has 11 heteroatoms. The molecule has 7 N–H and O–H groups in total. The number of nitrogens with one attached hydrogen (secondary N) is 2. The number of primary amides is 1. The highest BCUT2D eigenvalue weighted by Gasteiger charge is 2.38. The minimum Gasteiger partial charge on any atom is -0.480 e. The van der Waals surface area contributed by atoms with E-state index in [0.717, 1.165) is 4.90 Å². The summed E-state index contributed by atoms with van der Waals surface area (Å²) in [6.45, 7) is 5.12. The Hall–Kier alpha value is -2.69. The normalized spacial score (nSPS) is 19.6. The molecule has 11 nitrogen and oxygen atoms in total. The van der Waals surface area contributed by atoms with Crippen molar-refractivity contribution >= 4 is 29.6 Å². The molecule has 0 radical (unpaired) electrons. The van der Waals surface area contributed by atoms with Crippen molar-refractivity contribution < 1.29 is 29.1 Å². The van der Waals surface area contributed by atoms with Crippen molar-refractivity contribution in [1.29, 1.82) is 0 Å². The number of amides is 4. The Morgan fingerprint density at radius 2 is 1.71 bits per heavy atom. The highest BCUT2D eigenvalue weighted by Crippen LogP contribution is 2.19. The molecule has 0 bridgehead atoms. The topological polar surface area (TPSA) is 185 Å². The van der Waals surface area contributed by atoms with Crippen LogP contribution in [0.3, 0.4) is 0 Å². The van der Waals surface area contributed by atoms with Crippen LogP contribution < -0.4 is 22.1 Å². The molecule has 1 heterocycles. The number of carboxylic acids is 1. The molecule has 1 rings (SSSR count). The minimum atomic E-state index is -1.32. The summed E-state index contributed by atoms with van der Waals surface area (Å²) in [6, 6.07) is -4.16. The summed E-state index contributed by atoms with van der Waals surface area (Å²) < 4.78 is 0. The fourth-order valence-electron chi connectivity index (χ4n) is 2.86. The largest absolute Gasteiger partial charge is 0.480 e. The van der Waals surface area contributed by atoms with Gasteiger partial charge in [0.2, 0.25) is 23.6 Å². The van der Waals surface area contributed by atoms with E-state index in [1.54, 1.807) is 13.8 Å². The quantitative estimate of drug-likeness (QED) is 0.294. The Balaban J connectivity index is 2.83. The summed E-state index contributed by atoms with van der Waals surface area (Å²) >= 11 is 0. The molecule has 0 saturated carbocycles.